The van der Waals surface area contributed by atoms with Gasteiger partial charge in [0, 0.05) is 39.3 Å². The molecule has 1 aliphatic rings. The molecule has 272 valence electrons. The molecule has 2 N–H and O–H groups in total. The third kappa shape index (κ3) is 29.2. The molecule has 0 spiro atoms. The summed E-state index contributed by atoms with van der Waals surface area (Å²) in [5.41, 5.74) is 5.92. The molecule has 0 atom stereocenters. The van der Waals surface area contributed by atoms with Crippen LogP contribution in [0.25, 0.3) is 0 Å². The largest absolute Gasteiger partial charge is 1.00 e. The fourth-order valence-corrected chi connectivity index (χ4v) is 6.89. The van der Waals surface area contributed by atoms with Crippen molar-refractivity contribution >= 4 is 0 Å². The van der Waals surface area contributed by atoms with Gasteiger partial charge in [-0.3, -0.25) is 4.90 Å². The highest BCUT2D eigenvalue weighted by Gasteiger charge is 2.32. The average molecular weight is 752 g/mol. The second kappa shape index (κ2) is 35.8. The predicted octanol–water partition coefficient (Wildman–Crippen LogP) is 6.91. The summed E-state index contributed by atoms with van der Waals surface area (Å²) in [7, 11) is 0. The molecule has 1 saturated heterocycles. The number of nitrogens with zero attached hydrogens (tertiary/aromatic N) is 2. The van der Waals surface area contributed by atoms with E-state index in [0.29, 0.717) is 0 Å². The molecule has 45 heavy (non-hydrogen) atoms. The molecule has 1 aliphatic heterocycles. The molecule has 1 rings (SSSR count). The Morgan fingerprint density at radius 3 is 1.24 bits per heavy atom. The molecule has 0 aromatic carbocycles. The van der Waals surface area contributed by atoms with Gasteiger partial charge in [-0.25, -0.2) is 0 Å². The Morgan fingerprint density at radius 2 is 0.844 bits per heavy atom. The van der Waals surface area contributed by atoms with Crippen LogP contribution in [0.5, 0.6) is 0 Å². The van der Waals surface area contributed by atoms with Crippen molar-refractivity contribution in [3.8, 4) is 0 Å². The molecule has 6 heteroatoms. The van der Waals surface area contributed by atoms with Gasteiger partial charge >= 0.3 is 0 Å². The van der Waals surface area contributed by atoms with Crippen molar-refractivity contribution in [1.29, 1.82) is 0 Å². The van der Waals surface area contributed by atoms with Crippen LogP contribution in [0.2, 0.25) is 0 Å². The molecule has 5 nitrogen and oxygen atoms in total. The lowest BCUT2D eigenvalue weighted by Gasteiger charge is -2.45. The number of unbranched alkanes of at least 4 members (excludes halogenated alkanes) is 22. The minimum atomic E-state index is 0. The number of quaternary nitrogens is 1. The quantitative estimate of drug-likeness (QED) is 0.0435. The third-order valence-electron chi connectivity index (χ3n) is 10.2. The van der Waals surface area contributed by atoms with Gasteiger partial charge in [-0.2, -0.15) is 0 Å². The van der Waals surface area contributed by atoms with Crippen LogP contribution >= 0.6 is 0 Å². The monoisotopic (exact) mass is 752 g/mol. The van der Waals surface area contributed by atoms with Crippen molar-refractivity contribution in [2.24, 2.45) is 5.73 Å². The van der Waals surface area contributed by atoms with E-state index in [1.807, 2.05) is 0 Å². The van der Waals surface area contributed by atoms with Gasteiger partial charge in [0.15, 0.2) is 0 Å². The first-order valence-electron chi connectivity index (χ1n) is 20.2. The van der Waals surface area contributed by atoms with Gasteiger partial charge in [-0.1, -0.05) is 155 Å². The zero-order valence-electron chi connectivity index (χ0n) is 30.8. The summed E-state index contributed by atoms with van der Waals surface area (Å²) in [6.07, 6.45) is 34.7. The number of hydrogen-bond acceptors (Lipinski definition) is 4. The van der Waals surface area contributed by atoms with Crippen LogP contribution in [-0.2, 0) is 9.47 Å². The van der Waals surface area contributed by atoms with Crippen LogP contribution < -0.4 is 29.7 Å². The molecule has 0 aromatic heterocycles. The number of rotatable bonds is 35. The van der Waals surface area contributed by atoms with E-state index < -0.39 is 0 Å². The molecular weight excluding hydrogens is 669 g/mol. The second-order valence-electron chi connectivity index (χ2n) is 14.2. The normalized spacial score (nSPS) is 15.0. The molecule has 0 amide bonds. The van der Waals surface area contributed by atoms with E-state index in [9.17, 15) is 0 Å². The Hall–Kier alpha value is 0.530. The van der Waals surface area contributed by atoms with E-state index in [-0.39, 0.29) is 24.0 Å². The lowest BCUT2D eigenvalue weighted by molar-refractivity contribution is -0.932. The summed E-state index contributed by atoms with van der Waals surface area (Å²) >= 11 is 0. The van der Waals surface area contributed by atoms with E-state index in [2.05, 4.69) is 18.7 Å². The van der Waals surface area contributed by atoms with Crippen LogP contribution in [0, 0.1) is 0 Å². The minimum absolute atomic E-state index is 0. The maximum Gasteiger partial charge on any atom is 0.102 e. The molecule has 1 heterocycles. The Morgan fingerprint density at radius 1 is 0.467 bits per heavy atom. The molecule has 0 aliphatic carbocycles. The Labute approximate surface area is 300 Å². The number of halogens is 1. The minimum Gasteiger partial charge on any atom is -1.00 e. The van der Waals surface area contributed by atoms with Crippen molar-refractivity contribution in [3.63, 3.8) is 0 Å². The molecule has 0 unspecified atom stereocenters. The van der Waals surface area contributed by atoms with Crippen LogP contribution in [0.1, 0.15) is 174 Å². The number of nitrogens with two attached hydrogens (primary N) is 1. The predicted molar refractivity (Wildman–Crippen MR) is 194 cm³/mol. The van der Waals surface area contributed by atoms with Gasteiger partial charge in [-0.15, -0.1) is 0 Å². The van der Waals surface area contributed by atoms with E-state index in [1.54, 1.807) is 0 Å². The fraction of sp³-hybridized carbons (Fsp3) is 1.00. The summed E-state index contributed by atoms with van der Waals surface area (Å²) < 4.78 is 13.4. The first-order chi connectivity index (χ1) is 21.8. The zero-order chi connectivity index (χ0) is 31.7. The zero-order valence-corrected chi connectivity index (χ0v) is 33.0. The molecule has 0 saturated carbocycles. The summed E-state index contributed by atoms with van der Waals surface area (Å²) in [5.74, 6) is 0. The van der Waals surface area contributed by atoms with E-state index in [0.717, 1.165) is 52.5 Å². The molecular formula is C39H82IN3O2. The van der Waals surface area contributed by atoms with Crippen molar-refractivity contribution in [2.45, 2.75) is 174 Å². The summed E-state index contributed by atoms with van der Waals surface area (Å²) in [4.78, 5) is 2.62. The number of hydrogen-bond donors (Lipinski definition) is 1. The van der Waals surface area contributed by atoms with Gasteiger partial charge < -0.3 is 43.7 Å². The first-order valence-corrected chi connectivity index (χ1v) is 20.2. The Balaban J connectivity index is 0.0000194. The summed E-state index contributed by atoms with van der Waals surface area (Å²) in [6.45, 7) is 17.4. The van der Waals surface area contributed by atoms with E-state index in [1.165, 1.54) is 191 Å². The van der Waals surface area contributed by atoms with Crippen molar-refractivity contribution in [1.82, 2.24) is 4.90 Å². The number of piperazine rings is 1. The van der Waals surface area contributed by atoms with Crippen molar-refractivity contribution in [3.05, 3.63) is 0 Å². The highest BCUT2D eigenvalue weighted by atomic mass is 127. The van der Waals surface area contributed by atoms with Crippen LogP contribution in [0.3, 0.4) is 0 Å². The van der Waals surface area contributed by atoms with Gasteiger partial charge in [0.25, 0.3) is 0 Å². The highest BCUT2D eigenvalue weighted by Crippen LogP contribution is 2.16. The standard InChI is InChI=1S/C39H82N3O2.HI/c1-3-5-7-9-11-13-15-17-19-21-23-25-36-43-38-31-41-29-33-42(34-30-41,32-27-28-40)35-39-44-37-26-24-22-20-18-16-14-12-10-8-6-4-2;/h3-40H2,1-2H3;1H/q+1;/p-1. The molecule has 0 aromatic rings. The molecule has 0 radical (unpaired) electrons. The Bertz CT molecular complexity index is 560. The first kappa shape index (κ1) is 45.5. The SMILES string of the molecule is CCCCCCCCCCCCCCOCCN1CC[N+](CCCN)(CCOCCCCCCCCCCCCCC)CC1.[I-]. The molecule has 0 bridgehead atoms. The van der Waals surface area contributed by atoms with Crippen LogP contribution in [0.15, 0.2) is 0 Å². The smallest absolute Gasteiger partial charge is 0.102 e. The summed E-state index contributed by atoms with van der Waals surface area (Å²) in [6, 6.07) is 0. The van der Waals surface area contributed by atoms with Gasteiger partial charge in [0.1, 0.15) is 6.54 Å². The van der Waals surface area contributed by atoms with Gasteiger partial charge in [-0.05, 0) is 19.4 Å². The van der Waals surface area contributed by atoms with E-state index in [4.69, 9.17) is 15.2 Å². The maximum atomic E-state index is 6.14. The van der Waals surface area contributed by atoms with Gasteiger partial charge in [0.2, 0.25) is 0 Å². The van der Waals surface area contributed by atoms with Crippen LogP contribution in [0.4, 0.5) is 0 Å². The fourth-order valence-electron chi connectivity index (χ4n) is 6.89. The van der Waals surface area contributed by atoms with Crippen molar-refractivity contribution in [2.75, 3.05) is 78.8 Å². The Kier molecular flexibility index (Phi) is 36.2. The van der Waals surface area contributed by atoms with E-state index >= 15 is 0 Å². The summed E-state index contributed by atoms with van der Waals surface area (Å²) in [5, 5.41) is 0. The average Bonchev–Trinajstić information content (AvgIpc) is 3.04. The highest BCUT2D eigenvalue weighted by molar-refractivity contribution is 4.65. The number of ether oxygens (including phenoxy) is 2. The second-order valence-corrected chi connectivity index (χ2v) is 14.2. The third-order valence-corrected chi connectivity index (χ3v) is 10.2. The topological polar surface area (TPSA) is 47.7 Å². The molecule has 1 fully saturated rings. The maximum absolute atomic E-state index is 6.14. The van der Waals surface area contributed by atoms with Crippen LogP contribution in [-0.4, -0.2) is 88.2 Å². The lowest BCUT2D eigenvalue weighted by atomic mass is 10.1. The van der Waals surface area contributed by atoms with Gasteiger partial charge in [0.05, 0.1) is 32.8 Å². The lowest BCUT2D eigenvalue weighted by Crippen LogP contribution is -3.00. The van der Waals surface area contributed by atoms with Crippen molar-refractivity contribution < 1.29 is 37.9 Å².